The highest BCUT2D eigenvalue weighted by Crippen LogP contribution is 2.41. The lowest BCUT2D eigenvalue weighted by molar-refractivity contribution is 0.170. The minimum absolute atomic E-state index is 0.155. The monoisotopic (exact) mass is 470 g/mol. The normalized spacial score (nSPS) is 12.8. The molecule has 3 rings (SSSR count). The number of tetrazole rings is 1. The first-order valence-corrected chi connectivity index (χ1v) is 11.6. The number of aromatic nitrogens is 5. The molecule has 0 aliphatic carbocycles. The van der Waals surface area contributed by atoms with Crippen molar-refractivity contribution in [2.24, 2.45) is 11.3 Å². The van der Waals surface area contributed by atoms with Gasteiger partial charge in [0.2, 0.25) is 0 Å². The maximum atomic E-state index is 13.8. The standard InChI is InChI=1S/C24H34N6O4/c1-7-8-11-34-19-17-12-15(21-26-28-29-27-21)9-10-16(17)22(31)30(13-14(2)3)18(19)20(24(4,5)6)25-23(32)33/h9-10,12,14,20,25H,7-8,11,13H2,1-6H3,(H,32,33)(H,26,27,28,29). The summed E-state index contributed by atoms with van der Waals surface area (Å²) in [5.74, 6) is 1.12. The first kappa shape index (κ1) is 25.2. The van der Waals surface area contributed by atoms with E-state index in [-0.39, 0.29) is 11.5 Å². The zero-order chi connectivity index (χ0) is 25.0. The van der Waals surface area contributed by atoms with Gasteiger partial charge in [0.1, 0.15) is 5.75 Å². The Morgan fingerprint density at radius 2 is 2.00 bits per heavy atom. The molecule has 3 aromatic rings. The van der Waals surface area contributed by atoms with Crippen LogP contribution in [0.1, 0.15) is 66.1 Å². The highest BCUT2D eigenvalue weighted by atomic mass is 16.5. The Morgan fingerprint density at radius 3 is 2.56 bits per heavy atom. The van der Waals surface area contributed by atoms with Gasteiger partial charge in [-0.05, 0) is 40.3 Å². The second-order valence-corrected chi connectivity index (χ2v) is 9.98. The van der Waals surface area contributed by atoms with Crippen LogP contribution in [-0.2, 0) is 6.54 Å². The fourth-order valence-corrected chi connectivity index (χ4v) is 3.98. The van der Waals surface area contributed by atoms with E-state index in [0.717, 1.165) is 12.8 Å². The summed E-state index contributed by atoms with van der Waals surface area (Å²) in [6, 6.07) is 4.68. The van der Waals surface area contributed by atoms with Crippen LogP contribution in [0.2, 0.25) is 0 Å². The lowest BCUT2D eigenvalue weighted by atomic mass is 9.83. The molecule has 0 radical (unpaired) electrons. The fourth-order valence-electron chi connectivity index (χ4n) is 3.98. The largest absolute Gasteiger partial charge is 0.491 e. The maximum Gasteiger partial charge on any atom is 0.405 e. The number of H-pyrrole nitrogens is 1. The number of nitrogens with zero attached hydrogens (tertiary/aromatic N) is 4. The van der Waals surface area contributed by atoms with Gasteiger partial charge in [0, 0.05) is 17.5 Å². The average molecular weight is 471 g/mol. The summed E-state index contributed by atoms with van der Waals surface area (Å²) in [5, 5.41) is 27.4. The summed E-state index contributed by atoms with van der Waals surface area (Å²) < 4.78 is 8.02. The Balaban J connectivity index is 2.42. The van der Waals surface area contributed by atoms with Crippen LogP contribution in [0.3, 0.4) is 0 Å². The maximum absolute atomic E-state index is 13.8. The summed E-state index contributed by atoms with van der Waals surface area (Å²) >= 11 is 0. The topological polar surface area (TPSA) is 135 Å². The average Bonchev–Trinajstić information content (AvgIpc) is 3.29. The van der Waals surface area contributed by atoms with Crippen molar-refractivity contribution >= 4 is 16.9 Å². The van der Waals surface area contributed by atoms with E-state index < -0.39 is 17.6 Å². The zero-order valence-corrected chi connectivity index (χ0v) is 20.7. The number of hydrogen-bond acceptors (Lipinski definition) is 6. The molecule has 0 spiro atoms. The summed E-state index contributed by atoms with van der Waals surface area (Å²) in [4.78, 5) is 25.6. The van der Waals surface area contributed by atoms with Crippen molar-refractivity contribution in [3.8, 4) is 17.1 Å². The Hall–Kier alpha value is -3.43. The van der Waals surface area contributed by atoms with Crippen molar-refractivity contribution in [2.75, 3.05) is 6.61 Å². The molecule has 184 valence electrons. The number of ether oxygens (including phenoxy) is 1. The predicted octanol–water partition coefficient (Wildman–Crippen LogP) is 4.37. The quantitative estimate of drug-likeness (QED) is 0.395. The smallest absolute Gasteiger partial charge is 0.405 e. The molecule has 10 heteroatoms. The van der Waals surface area contributed by atoms with Crippen LogP contribution in [-0.4, -0.2) is 43.0 Å². The molecule has 0 bridgehead atoms. The predicted molar refractivity (Wildman–Crippen MR) is 130 cm³/mol. The molecule has 1 atom stereocenters. The number of amides is 1. The fraction of sp³-hybridized carbons (Fsp3) is 0.542. The van der Waals surface area contributed by atoms with Gasteiger partial charge in [0.25, 0.3) is 5.56 Å². The molecule has 0 saturated carbocycles. The first-order valence-electron chi connectivity index (χ1n) is 11.6. The van der Waals surface area contributed by atoms with E-state index >= 15 is 0 Å². The summed E-state index contributed by atoms with van der Waals surface area (Å²) in [6.45, 7) is 12.8. The molecule has 2 heterocycles. The molecule has 1 aromatic carbocycles. The van der Waals surface area contributed by atoms with Gasteiger partial charge in [-0.1, -0.05) is 54.0 Å². The number of hydrogen-bond donors (Lipinski definition) is 3. The molecule has 0 fully saturated rings. The van der Waals surface area contributed by atoms with Gasteiger partial charge in [-0.15, -0.1) is 5.10 Å². The van der Waals surface area contributed by atoms with E-state index in [0.29, 0.717) is 46.8 Å². The van der Waals surface area contributed by atoms with Gasteiger partial charge >= 0.3 is 6.09 Å². The van der Waals surface area contributed by atoms with Crippen LogP contribution in [0.15, 0.2) is 23.0 Å². The zero-order valence-electron chi connectivity index (χ0n) is 20.7. The van der Waals surface area contributed by atoms with Crippen LogP contribution in [0.5, 0.6) is 5.75 Å². The summed E-state index contributed by atoms with van der Waals surface area (Å²) in [5.41, 5.74) is 0.505. The third kappa shape index (κ3) is 5.37. The van der Waals surface area contributed by atoms with Gasteiger partial charge in [0.15, 0.2) is 5.82 Å². The molecular formula is C24H34N6O4. The molecule has 1 unspecified atom stereocenters. The molecule has 2 aromatic heterocycles. The third-order valence-corrected chi connectivity index (χ3v) is 5.58. The number of fused-ring (bicyclic) bond motifs is 1. The summed E-state index contributed by atoms with van der Waals surface area (Å²) in [6.07, 6.45) is 0.594. The van der Waals surface area contributed by atoms with Gasteiger partial charge in [0.05, 0.1) is 23.7 Å². The second-order valence-electron chi connectivity index (χ2n) is 9.98. The van der Waals surface area contributed by atoms with Crippen LogP contribution in [0, 0.1) is 11.3 Å². The molecule has 0 aliphatic rings. The first-order chi connectivity index (χ1) is 16.0. The van der Waals surface area contributed by atoms with Crippen molar-refractivity contribution in [3.05, 3.63) is 34.2 Å². The summed E-state index contributed by atoms with van der Waals surface area (Å²) in [7, 11) is 0. The molecule has 10 nitrogen and oxygen atoms in total. The van der Waals surface area contributed by atoms with E-state index in [1.165, 1.54) is 0 Å². The van der Waals surface area contributed by atoms with Crippen LogP contribution in [0.4, 0.5) is 4.79 Å². The molecule has 0 aliphatic heterocycles. The number of unbranched alkanes of at least 4 members (excludes halogenated alkanes) is 1. The minimum atomic E-state index is -1.16. The molecule has 0 saturated heterocycles. The Labute approximate surface area is 198 Å². The van der Waals surface area contributed by atoms with Crippen molar-refractivity contribution in [3.63, 3.8) is 0 Å². The van der Waals surface area contributed by atoms with Crippen LogP contribution in [0.25, 0.3) is 22.2 Å². The molecule has 34 heavy (non-hydrogen) atoms. The second kappa shape index (κ2) is 10.2. The van der Waals surface area contributed by atoms with E-state index in [1.54, 1.807) is 16.7 Å². The van der Waals surface area contributed by atoms with Crippen LogP contribution >= 0.6 is 0 Å². The lowest BCUT2D eigenvalue weighted by Gasteiger charge is -2.34. The number of nitrogens with one attached hydrogen (secondary N) is 2. The molecule has 1 amide bonds. The van der Waals surface area contributed by atoms with Gasteiger partial charge in [-0.2, -0.15) is 0 Å². The Bertz CT molecular complexity index is 1190. The lowest BCUT2D eigenvalue weighted by Crippen LogP contribution is -2.40. The number of carbonyl (C=O) groups is 1. The van der Waals surface area contributed by atoms with Crippen molar-refractivity contribution < 1.29 is 14.6 Å². The minimum Gasteiger partial charge on any atom is -0.491 e. The van der Waals surface area contributed by atoms with Crippen molar-refractivity contribution in [2.45, 2.75) is 67.0 Å². The van der Waals surface area contributed by atoms with Gasteiger partial charge < -0.3 is 19.7 Å². The number of carboxylic acid groups (broad SMARTS) is 1. The van der Waals surface area contributed by atoms with Crippen molar-refractivity contribution in [1.82, 2.24) is 30.5 Å². The number of pyridine rings is 1. The number of benzene rings is 1. The Morgan fingerprint density at radius 1 is 1.26 bits per heavy atom. The number of rotatable bonds is 9. The Kier molecular flexibility index (Phi) is 7.58. The third-order valence-electron chi connectivity index (χ3n) is 5.58. The van der Waals surface area contributed by atoms with Gasteiger partial charge in [-0.3, -0.25) is 4.79 Å². The van der Waals surface area contributed by atoms with E-state index in [4.69, 9.17) is 4.74 Å². The highest BCUT2D eigenvalue weighted by Gasteiger charge is 2.35. The van der Waals surface area contributed by atoms with Gasteiger partial charge in [-0.25, -0.2) is 9.89 Å². The number of aromatic amines is 1. The van der Waals surface area contributed by atoms with E-state index in [2.05, 4.69) is 32.9 Å². The van der Waals surface area contributed by atoms with E-state index in [9.17, 15) is 14.7 Å². The molecular weight excluding hydrogens is 436 g/mol. The molecule has 3 N–H and O–H groups in total. The SMILES string of the molecule is CCCCOc1c(C(NC(=O)O)C(C)(C)C)n(CC(C)C)c(=O)c2ccc(-c3nnn[nH]3)cc12. The van der Waals surface area contributed by atoms with E-state index in [1.807, 2.05) is 40.7 Å². The van der Waals surface area contributed by atoms with Crippen LogP contribution < -0.4 is 15.6 Å². The van der Waals surface area contributed by atoms with Crippen molar-refractivity contribution in [1.29, 1.82) is 0 Å². The highest BCUT2D eigenvalue weighted by molar-refractivity contribution is 5.92.